The monoisotopic (exact) mass is 1260 g/mol. The summed E-state index contributed by atoms with van der Waals surface area (Å²) in [6.07, 6.45) is 2.38. The summed E-state index contributed by atoms with van der Waals surface area (Å²) in [5.74, 6) is 4.25. The van der Waals surface area contributed by atoms with Crippen molar-refractivity contribution in [3.63, 3.8) is 0 Å². The molecule has 0 radical (unpaired) electrons. The van der Waals surface area contributed by atoms with E-state index in [2.05, 4.69) is 218 Å². The smallest absolute Gasteiger partial charge is 0.267 e. The molecule has 0 saturated carbocycles. The van der Waals surface area contributed by atoms with Crippen LogP contribution < -0.4 is 37.9 Å². The molecule has 12 aromatic carbocycles. The second-order valence-corrected chi connectivity index (χ2v) is 25.9. The Morgan fingerprint density at radius 2 is 0.333 bits per heavy atom. The molecule has 12 aromatic rings. The Morgan fingerprint density at radius 1 is 0.177 bits per heavy atom. The summed E-state index contributed by atoms with van der Waals surface area (Å²) >= 11 is 0. The SMILES string of the molecule is c1ccc(CCC2c3cc4c5cc3OC(c3ccccc3)Oc3cc6c(cc32)C(CCc2ccccc2)c2cc3c(cc2OC(c2ccccc2)O6)OC(c2ccccc2)Oc2cc(c(cc2C3CCc2ccccc2)C4CCc2ccccc2)OC(c2ccccc2)O5)cc1. The number of benzene rings is 12. The third-order valence-corrected chi connectivity index (χ3v) is 20.0. The van der Waals surface area contributed by atoms with E-state index in [9.17, 15) is 0 Å². The fraction of sp³-hybridized carbons (Fsp3) is 0.182. The van der Waals surface area contributed by atoms with Crippen LogP contribution in [0.25, 0.3) is 0 Å². The summed E-state index contributed by atoms with van der Waals surface area (Å²) in [6, 6.07) is 103. The van der Waals surface area contributed by atoms with Crippen molar-refractivity contribution < 1.29 is 37.9 Å². The zero-order valence-corrected chi connectivity index (χ0v) is 53.3. The van der Waals surface area contributed by atoms with Gasteiger partial charge in [0.25, 0.3) is 25.2 Å². The lowest BCUT2D eigenvalue weighted by molar-refractivity contribution is -0.0120. The summed E-state index contributed by atoms with van der Waals surface area (Å²) in [7, 11) is 0. The molecule has 0 unspecified atom stereocenters. The summed E-state index contributed by atoms with van der Waals surface area (Å²) in [5, 5.41) is 0. The van der Waals surface area contributed by atoms with Crippen molar-refractivity contribution in [3.8, 4) is 46.0 Å². The van der Waals surface area contributed by atoms with E-state index in [1.807, 2.05) is 72.8 Å². The third kappa shape index (κ3) is 11.9. The largest absolute Gasteiger partial charge is 0.450 e. The minimum atomic E-state index is -0.894. The van der Waals surface area contributed by atoms with E-state index in [0.717, 1.165) is 118 Å². The lowest BCUT2D eigenvalue weighted by atomic mass is 9.75. The van der Waals surface area contributed by atoms with E-state index >= 15 is 0 Å². The van der Waals surface area contributed by atoms with Gasteiger partial charge < -0.3 is 37.9 Å². The Bertz CT molecular complexity index is 3970. The second-order valence-electron chi connectivity index (χ2n) is 25.9. The van der Waals surface area contributed by atoms with Crippen molar-refractivity contribution in [2.45, 2.75) is 100 Å². The second kappa shape index (κ2) is 26.1. The Balaban J connectivity index is 1.01. The maximum Gasteiger partial charge on any atom is 0.267 e. The normalized spacial score (nSPS) is 19.8. The van der Waals surface area contributed by atoms with Gasteiger partial charge in [-0.2, -0.15) is 0 Å². The Hall–Kier alpha value is -11.0. The van der Waals surface area contributed by atoms with Crippen LogP contribution in [0.1, 0.15) is 164 Å². The average Bonchev–Trinajstić information content (AvgIpc) is 0.744. The predicted molar refractivity (Wildman–Crippen MR) is 374 cm³/mol. The van der Waals surface area contributed by atoms with Gasteiger partial charge in [-0.3, -0.25) is 0 Å². The van der Waals surface area contributed by atoms with Crippen LogP contribution in [-0.2, 0) is 25.7 Å². The van der Waals surface area contributed by atoms with Gasteiger partial charge in [0.1, 0.15) is 46.0 Å². The lowest BCUT2D eigenvalue weighted by Crippen LogP contribution is -2.26. The van der Waals surface area contributed by atoms with Gasteiger partial charge in [-0.25, -0.2) is 0 Å². The van der Waals surface area contributed by atoms with Gasteiger partial charge in [-0.1, -0.05) is 243 Å². The highest BCUT2D eigenvalue weighted by Gasteiger charge is 2.41. The molecule has 4 heterocycles. The van der Waals surface area contributed by atoms with Crippen LogP contribution in [0.5, 0.6) is 46.0 Å². The molecule has 96 heavy (non-hydrogen) atoms. The van der Waals surface area contributed by atoms with E-state index in [-0.39, 0.29) is 23.7 Å². The van der Waals surface area contributed by atoms with Gasteiger partial charge in [0, 0.05) is 115 Å². The zero-order chi connectivity index (χ0) is 63.7. The van der Waals surface area contributed by atoms with Crippen molar-refractivity contribution in [1.29, 1.82) is 0 Å². The van der Waals surface area contributed by atoms with E-state index < -0.39 is 25.2 Å². The van der Waals surface area contributed by atoms with Crippen molar-refractivity contribution in [1.82, 2.24) is 0 Å². The van der Waals surface area contributed by atoms with Crippen LogP contribution in [0.4, 0.5) is 0 Å². The van der Waals surface area contributed by atoms with E-state index in [4.69, 9.17) is 37.9 Å². The van der Waals surface area contributed by atoms with Crippen LogP contribution in [0.2, 0.25) is 0 Å². The highest BCUT2D eigenvalue weighted by atomic mass is 16.7. The van der Waals surface area contributed by atoms with E-state index in [1.165, 1.54) is 22.3 Å². The summed E-state index contributed by atoms with van der Waals surface area (Å²) < 4.78 is 60.6. The first-order valence-corrected chi connectivity index (χ1v) is 33.9. The quantitative estimate of drug-likeness (QED) is 0.0947. The number of rotatable bonds is 16. The van der Waals surface area contributed by atoms with Crippen molar-refractivity contribution in [3.05, 3.63) is 380 Å². The van der Waals surface area contributed by atoms with Gasteiger partial charge in [-0.05, 0) is 97.9 Å². The topological polar surface area (TPSA) is 73.8 Å². The van der Waals surface area contributed by atoms with Gasteiger partial charge >= 0.3 is 0 Å². The molecule has 0 spiro atoms. The van der Waals surface area contributed by atoms with Crippen LogP contribution in [0.15, 0.2) is 291 Å². The fourth-order valence-corrected chi connectivity index (χ4v) is 15.1. The summed E-state index contributed by atoms with van der Waals surface area (Å²) in [6.45, 7) is 0. The molecule has 8 nitrogen and oxygen atoms in total. The standard InChI is InChI=1S/C88H72O8/c1-9-25-57(26-10-1)41-45-65-69-49-71-66(46-42-58-27-11-2-12-28-58)73-51-75-68(48-44-60-31-15-4-16-32-60)76-52-74-67(47-43-59-29-13-3-14-30-59)72-50-70(65)78-54-80(72)92-87(63-37-21-7-22-38-63)94-82(74)56-84(76)96-88(64-39-23-8-24-40-64)95-83(75)55-81(73)93-86(62-35-19-6-20-36-62)91-79(71)53-77(69)89-85(90-78)61-33-17-5-18-34-61/h1-40,49-56,65-68,85-88H,41-48H2. The number of hydrogen-bond donors (Lipinski definition) is 0. The molecular weight excluding hydrogens is 1180 g/mol. The molecule has 5 aliphatic rings. The molecule has 17 rings (SSSR count). The number of hydrogen-bond acceptors (Lipinski definition) is 8. The molecule has 8 heteroatoms. The summed E-state index contributed by atoms with van der Waals surface area (Å²) in [5.41, 5.74) is 16.7. The maximum atomic E-state index is 7.57. The molecule has 0 N–H and O–H groups in total. The highest BCUT2D eigenvalue weighted by molar-refractivity contribution is 5.65. The van der Waals surface area contributed by atoms with Crippen molar-refractivity contribution >= 4 is 0 Å². The molecule has 0 atom stereocenters. The molecule has 8 bridgehead atoms. The Kier molecular flexibility index (Phi) is 16.0. The number of aryl methyl sites for hydroxylation is 4. The molecule has 0 aromatic heterocycles. The van der Waals surface area contributed by atoms with Crippen molar-refractivity contribution in [2.24, 2.45) is 0 Å². The molecule has 0 fully saturated rings. The van der Waals surface area contributed by atoms with Crippen molar-refractivity contribution in [2.75, 3.05) is 0 Å². The highest BCUT2D eigenvalue weighted by Crippen LogP contribution is 2.58. The Morgan fingerprint density at radius 3 is 0.500 bits per heavy atom. The first-order valence-electron chi connectivity index (χ1n) is 33.9. The molecule has 1 aliphatic carbocycles. The minimum absolute atomic E-state index is 0.280. The fourth-order valence-electron chi connectivity index (χ4n) is 15.1. The third-order valence-electron chi connectivity index (χ3n) is 20.0. The first kappa shape index (κ1) is 58.8. The number of ether oxygens (including phenoxy) is 8. The van der Waals surface area contributed by atoms with E-state index in [0.29, 0.717) is 46.0 Å². The molecule has 4 aliphatic heterocycles. The van der Waals surface area contributed by atoms with Crippen LogP contribution in [0.3, 0.4) is 0 Å². The van der Waals surface area contributed by atoms with Gasteiger partial charge in [-0.15, -0.1) is 0 Å². The van der Waals surface area contributed by atoms with Crippen LogP contribution in [0, 0.1) is 0 Å². The molecule has 0 amide bonds. The first-order chi connectivity index (χ1) is 47.5. The predicted octanol–water partition coefficient (Wildman–Crippen LogP) is 20.9. The minimum Gasteiger partial charge on any atom is -0.450 e. The van der Waals surface area contributed by atoms with Crippen LogP contribution in [-0.4, -0.2) is 0 Å². The van der Waals surface area contributed by atoms with E-state index in [1.54, 1.807) is 0 Å². The Labute approximate surface area is 561 Å². The lowest BCUT2D eigenvalue weighted by Gasteiger charge is -2.38. The van der Waals surface area contributed by atoms with Gasteiger partial charge in [0.2, 0.25) is 0 Å². The summed E-state index contributed by atoms with van der Waals surface area (Å²) in [4.78, 5) is 0. The zero-order valence-electron chi connectivity index (χ0n) is 53.3. The van der Waals surface area contributed by atoms with Gasteiger partial charge in [0.05, 0.1) is 0 Å². The van der Waals surface area contributed by atoms with Gasteiger partial charge in [0.15, 0.2) is 0 Å². The average molecular weight is 1260 g/mol. The molecular formula is C88H72O8. The molecule has 0 saturated heterocycles. The van der Waals surface area contributed by atoms with Crippen LogP contribution >= 0.6 is 0 Å². The molecule has 472 valence electrons. The maximum absolute atomic E-state index is 7.57.